The van der Waals surface area contributed by atoms with Crippen molar-refractivity contribution >= 4 is 72.5 Å². The maximum absolute atomic E-state index is 14.1. The number of fused-ring (bicyclic) bond motifs is 1. The van der Waals surface area contributed by atoms with E-state index >= 15 is 0 Å². The Bertz CT molecular complexity index is 2090. The van der Waals surface area contributed by atoms with Crippen LogP contribution in [0, 0.1) is 0 Å². The number of aromatic nitrogens is 1. The summed E-state index contributed by atoms with van der Waals surface area (Å²) in [6, 6.07) is 29.6. The summed E-state index contributed by atoms with van der Waals surface area (Å²) >= 11 is 14.8. The van der Waals surface area contributed by atoms with E-state index in [-0.39, 0.29) is 12.2 Å². The predicted molar refractivity (Wildman–Crippen MR) is 185 cm³/mol. The van der Waals surface area contributed by atoms with Gasteiger partial charge in [-0.05, 0) is 74.2 Å². The molecule has 0 radical (unpaired) electrons. The average molecular weight is 765 g/mol. The van der Waals surface area contributed by atoms with Gasteiger partial charge in [-0.15, -0.1) is 0 Å². The van der Waals surface area contributed by atoms with Crippen LogP contribution in [-0.4, -0.2) is 17.1 Å². The second-order valence-electron chi connectivity index (χ2n) is 10.0. The van der Waals surface area contributed by atoms with E-state index in [1.807, 2.05) is 103 Å². The highest BCUT2D eigenvalue weighted by Crippen LogP contribution is 2.37. The zero-order chi connectivity index (χ0) is 31.5. The SMILES string of the molecule is CCOC(=O)C1=C(c2ccccc2)N=c2s/c(=C\c3cc(Br)c(OCc4ccccc4Cl)c(Br)c3)c(=O)n2[C@H]1c1ccccc1. The van der Waals surface area contributed by atoms with Crippen molar-refractivity contribution in [3.8, 4) is 5.75 Å². The molecular formula is C35H25Br2ClN2O4S. The molecular weight excluding hydrogens is 740 g/mol. The number of rotatable bonds is 8. The third-order valence-electron chi connectivity index (χ3n) is 7.14. The van der Waals surface area contributed by atoms with E-state index < -0.39 is 12.0 Å². The van der Waals surface area contributed by atoms with Crippen LogP contribution >= 0.6 is 54.8 Å². The van der Waals surface area contributed by atoms with Gasteiger partial charge in [0, 0.05) is 16.1 Å². The van der Waals surface area contributed by atoms with Crippen LogP contribution in [0.15, 0.2) is 121 Å². The summed E-state index contributed by atoms with van der Waals surface area (Å²) in [7, 11) is 0. The van der Waals surface area contributed by atoms with Crippen LogP contribution in [0.25, 0.3) is 11.8 Å². The van der Waals surface area contributed by atoms with Crippen LogP contribution in [0.5, 0.6) is 5.75 Å². The topological polar surface area (TPSA) is 69.9 Å². The number of thiazole rings is 1. The Kier molecular flexibility index (Phi) is 9.51. The number of esters is 1. The number of benzene rings is 4. The summed E-state index contributed by atoms with van der Waals surface area (Å²) in [5.74, 6) is 0.104. The van der Waals surface area contributed by atoms with Crippen molar-refractivity contribution in [3.63, 3.8) is 0 Å². The molecule has 1 aliphatic heterocycles. The van der Waals surface area contributed by atoms with Gasteiger partial charge in [-0.25, -0.2) is 9.79 Å². The smallest absolute Gasteiger partial charge is 0.338 e. The summed E-state index contributed by atoms with van der Waals surface area (Å²) in [4.78, 5) is 33.1. The molecule has 0 fully saturated rings. The molecule has 0 saturated carbocycles. The van der Waals surface area contributed by atoms with Crippen molar-refractivity contribution in [2.75, 3.05) is 6.61 Å². The van der Waals surface area contributed by atoms with Gasteiger partial charge in [-0.1, -0.05) is 102 Å². The minimum Gasteiger partial charge on any atom is -0.486 e. The number of nitrogens with zero attached hydrogens (tertiary/aromatic N) is 2. The van der Waals surface area contributed by atoms with E-state index in [4.69, 9.17) is 26.1 Å². The Morgan fingerprint density at radius 3 is 2.29 bits per heavy atom. The summed E-state index contributed by atoms with van der Waals surface area (Å²) in [5.41, 5.74) is 3.73. The molecule has 10 heteroatoms. The van der Waals surface area contributed by atoms with Crippen LogP contribution < -0.4 is 19.6 Å². The summed E-state index contributed by atoms with van der Waals surface area (Å²) in [5, 5.41) is 0.632. The third kappa shape index (κ3) is 6.49. The molecule has 0 bridgehead atoms. The molecule has 0 saturated heterocycles. The largest absolute Gasteiger partial charge is 0.486 e. The van der Waals surface area contributed by atoms with Crippen molar-refractivity contribution in [3.05, 3.63) is 159 Å². The van der Waals surface area contributed by atoms with Crippen molar-refractivity contribution in [2.45, 2.75) is 19.6 Å². The van der Waals surface area contributed by atoms with Crippen LogP contribution in [0.1, 0.15) is 35.2 Å². The Morgan fingerprint density at radius 1 is 0.978 bits per heavy atom. The molecule has 1 atom stereocenters. The lowest BCUT2D eigenvalue weighted by Crippen LogP contribution is -2.39. The molecule has 0 N–H and O–H groups in total. The van der Waals surface area contributed by atoms with Gasteiger partial charge in [-0.2, -0.15) is 0 Å². The van der Waals surface area contributed by atoms with Gasteiger partial charge < -0.3 is 9.47 Å². The number of carbonyl (C=O) groups excluding carboxylic acids is 1. The molecule has 0 spiro atoms. The van der Waals surface area contributed by atoms with Crippen LogP contribution in [0.3, 0.4) is 0 Å². The van der Waals surface area contributed by atoms with Gasteiger partial charge in [0.2, 0.25) is 0 Å². The molecule has 0 unspecified atom stereocenters. The summed E-state index contributed by atoms with van der Waals surface area (Å²) in [6.07, 6.45) is 1.81. The average Bonchev–Trinajstić information content (AvgIpc) is 3.35. The van der Waals surface area contributed by atoms with Gasteiger partial charge in [0.1, 0.15) is 12.4 Å². The Labute approximate surface area is 285 Å². The van der Waals surface area contributed by atoms with E-state index in [1.54, 1.807) is 11.5 Å². The lowest BCUT2D eigenvalue weighted by molar-refractivity contribution is -0.138. The molecule has 2 heterocycles. The highest BCUT2D eigenvalue weighted by molar-refractivity contribution is 9.11. The lowest BCUT2D eigenvalue weighted by atomic mass is 9.93. The standard InChI is InChI=1S/C35H25Br2ClN2O4S/c1-2-43-34(42)29-30(22-11-5-3-6-12-22)39-35-40(31(29)23-13-7-4-8-14-23)33(41)28(45-35)19-21-17-25(36)32(26(37)18-21)44-20-24-15-9-10-16-27(24)38/h3-19,31H,2,20H2,1H3/b28-19-/t31-/m0/s1. The summed E-state index contributed by atoms with van der Waals surface area (Å²) < 4.78 is 15.1. The predicted octanol–water partition coefficient (Wildman–Crippen LogP) is 7.69. The first-order valence-electron chi connectivity index (χ1n) is 14.0. The molecule has 6 rings (SSSR count). The first kappa shape index (κ1) is 31.2. The molecule has 1 aliphatic rings. The lowest BCUT2D eigenvalue weighted by Gasteiger charge is -2.25. The molecule has 0 amide bonds. The zero-order valence-electron chi connectivity index (χ0n) is 23.9. The Balaban J connectivity index is 1.47. The van der Waals surface area contributed by atoms with Crippen molar-refractivity contribution < 1.29 is 14.3 Å². The molecule has 4 aromatic carbocycles. The number of halogens is 3. The van der Waals surface area contributed by atoms with E-state index in [0.29, 0.717) is 46.9 Å². The normalized spacial score (nSPS) is 14.6. The highest BCUT2D eigenvalue weighted by atomic mass is 79.9. The van der Waals surface area contributed by atoms with Gasteiger partial charge in [0.25, 0.3) is 5.56 Å². The van der Waals surface area contributed by atoms with E-state index in [0.717, 1.165) is 22.3 Å². The fourth-order valence-corrected chi connectivity index (χ4v) is 7.75. The summed E-state index contributed by atoms with van der Waals surface area (Å²) in [6.45, 7) is 2.25. The van der Waals surface area contributed by atoms with Crippen LogP contribution in [-0.2, 0) is 16.1 Å². The molecule has 5 aromatic rings. The van der Waals surface area contributed by atoms with Gasteiger partial charge in [0.15, 0.2) is 4.80 Å². The molecule has 45 heavy (non-hydrogen) atoms. The van der Waals surface area contributed by atoms with Crippen LogP contribution in [0.4, 0.5) is 0 Å². The van der Waals surface area contributed by atoms with Gasteiger partial charge in [0.05, 0.1) is 37.4 Å². The third-order valence-corrected chi connectivity index (χ3v) is 9.67. The van der Waals surface area contributed by atoms with E-state index in [1.165, 1.54) is 11.3 Å². The maximum atomic E-state index is 14.1. The molecule has 6 nitrogen and oxygen atoms in total. The molecule has 1 aromatic heterocycles. The quantitative estimate of drug-likeness (QED) is 0.152. The second-order valence-corrected chi connectivity index (χ2v) is 13.2. The number of ether oxygens (including phenoxy) is 2. The van der Waals surface area contributed by atoms with Crippen LogP contribution in [0.2, 0.25) is 5.02 Å². The molecule has 0 aliphatic carbocycles. The molecule has 226 valence electrons. The second kappa shape index (κ2) is 13.7. The van der Waals surface area contributed by atoms with E-state index in [2.05, 4.69) is 31.9 Å². The fraction of sp³-hybridized carbons (Fsp3) is 0.114. The monoisotopic (exact) mass is 762 g/mol. The van der Waals surface area contributed by atoms with Crippen molar-refractivity contribution in [1.29, 1.82) is 0 Å². The zero-order valence-corrected chi connectivity index (χ0v) is 28.6. The number of carbonyl (C=O) groups is 1. The van der Waals surface area contributed by atoms with Crippen molar-refractivity contribution in [2.24, 2.45) is 4.99 Å². The Hall–Kier alpha value is -3.76. The first-order valence-corrected chi connectivity index (χ1v) is 16.8. The highest BCUT2D eigenvalue weighted by Gasteiger charge is 2.35. The minimum absolute atomic E-state index is 0.193. The van der Waals surface area contributed by atoms with E-state index in [9.17, 15) is 9.59 Å². The Morgan fingerprint density at radius 2 is 1.62 bits per heavy atom. The maximum Gasteiger partial charge on any atom is 0.338 e. The first-order chi connectivity index (χ1) is 21.9. The number of hydrogen-bond donors (Lipinski definition) is 0. The minimum atomic E-state index is -0.724. The van der Waals surface area contributed by atoms with Crippen molar-refractivity contribution in [1.82, 2.24) is 4.57 Å². The number of hydrogen-bond acceptors (Lipinski definition) is 6. The fourth-order valence-electron chi connectivity index (χ4n) is 5.11. The van der Waals surface area contributed by atoms with Gasteiger partial charge >= 0.3 is 5.97 Å². The van der Waals surface area contributed by atoms with Gasteiger partial charge in [-0.3, -0.25) is 9.36 Å².